The number of aliphatic hydroxyl groups excluding tert-OH is 1. The van der Waals surface area contributed by atoms with Gasteiger partial charge >= 0.3 is 0 Å². The van der Waals surface area contributed by atoms with Crippen LogP contribution in [0.5, 0.6) is 0 Å². The average Bonchev–Trinajstić information content (AvgIpc) is 3.22. The lowest BCUT2D eigenvalue weighted by molar-refractivity contribution is -0.309. The second kappa shape index (κ2) is 9.18. The van der Waals surface area contributed by atoms with Crippen LogP contribution in [-0.2, 0) is 14.2 Å². The molecular weight excluding hydrogens is 494 g/mol. The molecule has 2 aliphatic rings. The Hall–Kier alpha value is -2.86. The zero-order valence-corrected chi connectivity index (χ0v) is 19.1. The number of pyridine rings is 1. The molecule has 0 aliphatic carbocycles. The minimum absolute atomic E-state index is 0.191. The molecule has 12 heteroatoms. The van der Waals surface area contributed by atoms with Crippen LogP contribution in [0.25, 0.3) is 16.1 Å². The quantitative estimate of drug-likeness (QED) is 0.320. The summed E-state index contributed by atoms with van der Waals surface area (Å²) in [4.78, 5) is 11.6. The van der Waals surface area contributed by atoms with E-state index in [4.69, 9.17) is 14.2 Å². The number of fused-ring (bicyclic) bond motifs is 1. The number of nitrogens with zero attached hydrogens (tertiary/aromatic N) is 7. The fraction of sp³-hybridized carbons (Fsp3) is 0.381. The van der Waals surface area contributed by atoms with Gasteiger partial charge in [0.2, 0.25) is 0 Å². The maximum atomic E-state index is 11.2. The smallest absolute Gasteiger partial charge is 0.184 e. The molecule has 6 atom stereocenters. The van der Waals surface area contributed by atoms with Gasteiger partial charge in [-0.2, -0.15) is 5.10 Å². The molecule has 170 valence electrons. The molecule has 3 aromatic rings. The molecular formula is C21H20BrN7O4. The number of benzene rings is 1. The summed E-state index contributed by atoms with van der Waals surface area (Å²) in [5, 5.41) is 19.5. The van der Waals surface area contributed by atoms with Gasteiger partial charge < -0.3 is 19.3 Å². The van der Waals surface area contributed by atoms with Crippen molar-refractivity contribution in [2.45, 2.75) is 43.7 Å². The Bertz CT molecular complexity index is 1190. The van der Waals surface area contributed by atoms with Gasteiger partial charge in [0.05, 0.1) is 30.6 Å². The SMILES string of the molecule is Cc1nc([C@@H]2OC3COC(c4ccccc4)O[C@@H]3C(N=[N+]=[N-])C2O)n(-c2cncc(Br)c2)n1. The summed E-state index contributed by atoms with van der Waals surface area (Å²) in [6.45, 7) is 1.93. The third-order valence-corrected chi connectivity index (χ3v) is 6.00. The van der Waals surface area contributed by atoms with Gasteiger partial charge in [-0.05, 0) is 34.5 Å². The van der Waals surface area contributed by atoms with E-state index in [1.807, 2.05) is 36.4 Å². The van der Waals surface area contributed by atoms with Gasteiger partial charge in [-0.15, -0.1) is 0 Å². The van der Waals surface area contributed by atoms with Gasteiger partial charge in [-0.1, -0.05) is 35.4 Å². The normalized spacial score (nSPS) is 29.2. The summed E-state index contributed by atoms with van der Waals surface area (Å²) in [5.74, 6) is 0.852. The van der Waals surface area contributed by atoms with E-state index in [0.29, 0.717) is 17.3 Å². The van der Waals surface area contributed by atoms with Crippen LogP contribution >= 0.6 is 15.9 Å². The van der Waals surface area contributed by atoms with Crippen LogP contribution < -0.4 is 0 Å². The first-order chi connectivity index (χ1) is 16.0. The Balaban J connectivity index is 1.48. The molecule has 0 radical (unpaired) electrons. The van der Waals surface area contributed by atoms with Gasteiger partial charge in [0.15, 0.2) is 12.1 Å². The molecule has 2 aliphatic heterocycles. The Morgan fingerprint density at radius 2 is 2.06 bits per heavy atom. The molecule has 4 unspecified atom stereocenters. The number of rotatable bonds is 4. The molecule has 33 heavy (non-hydrogen) atoms. The predicted octanol–water partition coefficient (Wildman–Crippen LogP) is 3.33. The van der Waals surface area contributed by atoms with Crippen molar-refractivity contribution in [1.82, 2.24) is 19.7 Å². The Morgan fingerprint density at radius 3 is 2.82 bits per heavy atom. The van der Waals surface area contributed by atoms with E-state index in [-0.39, 0.29) is 6.61 Å². The van der Waals surface area contributed by atoms with Gasteiger partial charge in [-0.25, -0.2) is 9.67 Å². The molecule has 0 saturated carbocycles. The number of hydrogen-bond acceptors (Lipinski definition) is 8. The van der Waals surface area contributed by atoms with E-state index in [0.717, 1.165) is 10.0 Å². The molecule has 2 fully saturated rings. The van der Waals surface area contributed by atoms with Crippen molar-refractivity contribution in [3.8, 4) is 5.69 Å². The predicted molar refractivity (Wildman–Crippen MR) is 118 cm³/mol. The topological polar surface area (TPSA) is 140 Å². The van der Waals surface area contributed by atoms with Gasteiger partial charge in [0.1, 0.15) is 24.1 Å². The lowest BCUT2D eigenvalue weighted by atomic mass is 9.91. The number of aliphatic hydroxyl groups is 1. The summed E-state index contributed by atoms with van der Waals surface area (Å²) >= 11 is 3.41. The number of halogens is 1. The largest absolute Gasteiger partial charge is 0.389 e. The van der Waals surface area contributed by atoms with Crippen LogP contribution in [0, 0.1) is 6.92 Å². The van der Waals surface area contributed by atoms with Crippen molar-refractivity contribution in [1.29, 1.82) is 0 Å². The lowest BCUT2D eigenvalue weighted by Gasteiger charge is -2.46. The molecule has 1 aromatic carbocycles. The average molecular weight is 514 g/mol. The number of hydrogen-bond donors (Lipinski definition) is 1. The highest BCUT2D eigenvalue weighted by atomic mass is 79.9. The summed E-state index contributed by atoms with van der Waals surface area (Å²) in [6.07, 6.45) is -0.809. The van der Waals surface area contributed by atoms with Crippen LogP contribution in [0.4, 0.5) is 0 Å². The van der Waals surface area contributed by atoms with E-state index in [1.54, 1.807) is 24.0 Å². The Kier molecular flexibility index (Phi) is 6.11. The first-order valence-corrected chi connectivity index (χ1v) is 11.1. The second-order valence-electron chi connectivity index (χ2n) is 7.75. The highest BCUT2D eigenvalue weighted by Crippen LogP contribution is 2.40. The van der Waals surface area contributed by atoms with Crippen molar-refractivity contribution in [2.75, 3.05) is 6.61 Å². The lowest BCUT2D eigenvalue weighted by Crippen LogP contribution is -2.58. The van der Waals surface area contributed by atoms with E-state index >= 15 is 0 Å². The highest BCUT2D eigenvalue weighted by Gasteiger charge is 2.51. The minimum atomic E-state index is -1.22. The standard InChI is InChI=1S/C21H20BrN7O4/c1-11-25-20(29(27-11)14-7-13(22)8-24-9-14)19-17(30)16(26-28-23)18-15(32-19)10-31-21(33-18)12-5-3-2-4-6-12/h2-9,15-19,21,30H,10H2,1H3/t15?,16?,17?,18-,19+,21?/m0/s1. The Morgan fingerprint density at radius 1 is 1.24 bits per heavy atom. The third-order valence-electron chi connectivity index (χ3n) is 5.56. The molecule has 2 aromatic heterocycles. The van der Waals surface area contributed by atoms with Crippen LogP contribution in [0.2, 0.25) is 0 Å². The maximum Gasteiger partial charge on any atom is 0.184 e. The fourth-order valence-electron chi connectivity index (χ4n) is 4.12. The van der Waals surface area contributed by atoms with E-state index in [2.05, 4.69) is 41.0 Å². The minimum Gasteiger partial charge on any atom is -0.389 e. The number of ether oxygens (including phenoxy) is 3. The second-order valence-corrected chi connectivity index (χ2v) is 8.66. The summed E-state index contributed by atoms with van der Waals surface area (Å²) in [6, 6.07) is 10.3. The van der Waals surface area contributed by atoms with Crippen molar-refractivity contribution in [3.63, 3.8) is 0 Å². The van der Waals surface area contributed by atoms with Crippen molar-refractivity contribution < 1.29 is 19.3 Å². The van der Waals surface area contributed by atoms with Crippen molar-refractivity contribution in [2.24, 2.45) is 5.11 Å². The first-order valence-electron chi connectivity index (χ1n) is 10.3. The van der Waals surface area contributed by atoms with Crippen LogP contribution in [0.15, 0.2) is 58.4 Å². The van der Waals surface area contributed by atoms with E-state index in [1.165, 1.54) is 0 Å². The zero-order chi connectivity index (χ0) is 22.9. The third kappa shape index (κ3) is 4.24. The molecule has 11 nitrogen and oxygen atoms in total. The molecule has 5 rings (SSSR count). The zero-order valence-electron chi connectivity index (χ0n) is 17.5. The van der Waals surface area contributed by atoms with Gasteiger partial charge in [-0.3, -0.25) is 4.98 Å². The molecule has 4 heterocycles. The molecule has 0 spiro atoms. The van der Waals surface area contributed by atoms with Crippen LogP contribution in [-0.4, -0.2) is 55.8 Å². The number of azide groups is 1. The Labute approximate surface area is 197 Å². The monoisotopic (exact) mass is 513 g/mol. The maximum absolute atomic E-state index is 11.2. The molecule has 1 N–H and O–H groups in total. The number of aromatic nitrogens is 4. The first kappa shape index (κ1) is 22.0. The van der Waals surface area contributed by atoms with E-state index < -0.39 is 36.7 Å². The highest BCUT2D eigenvalue weighted by molar-refractivity contribution is 9.10. The molecule has 2 saturated heterocycles. The van der Waals surface area contributed by atoms with Gasteiger partial charge in [0, 0.05) is 21.1 Å². The summed E-state index contributed by atoms with van der Waals surface area (Å²) < 4.78 is 20.5. The summed E-state index contributed by atoms with van der Waals surface area (Å²) in [5.41, 5.74) is 10.7. The van der Waals surface area contributed by atoms with Crippen molar-refractivity contribution >= 4 is 15.9 Å². The molecule has 0 amide bonds. The van der Waals surface area contributed by atoms with Crippen LogP contribution in [0.1, 0.15) is 29.6 Å². The fourth-order valence-corrected chi connectivity index (χ4v) is 4.47. The number of aryl methyl sites for hydroxylation is 1. The van der Waals surface area contributed by atoms with Crippen LogP contribution in [0.3, 0.4) is 0 Å². The van der Waals surface area contributed by atoms with E-state index in [9.17, 15) is 10.6 Å². The molecule has 0 bridgehead atoms. The van der Waals surface area contributed by atoms with Gasteiger partial charge in [0.25, 0.3) is 0 Å². The summed E-state index contributed by atoms with van der Waals surface area (Å²) in [7, 11) is 0. The van der Waals surface area contributed by atoms with Crippen molar-refractivity contribution in [3.05, 3.63) is 80.9 Å².